The molecule has 0 unspecified atom stereocenters. The summed E-state index contributed by atoms with van der Waals surface area (Å²) >= 11 is 0. The van der Waals surface area contributed by atoms with E-state index in [1.807, 2.05) is 49.4 Å². The first kappa shape index (κ1) is 13.2. The summed E-state index contributed by atoms with van der Waals surface area (Å²) in [5.74, 6) is 2.01. The molecule has 0 radical (unpaired) electrons. The molecule has 3 rings (SSSR count). The number of anilines is 2. The van der Waals surface area contributed by atoms with Crippen molar-refractivity contribution in [2.75, 3.05) is 17.6 Å². The van der Waals surface area contributed by atoms with Crippen molar-refractivity contribution in [1.29, 1.82) is 0 Å². The topological polar surface area (TPSA) is 73.1 Å². The Hall–Kier alpha value is -2.82. The number of benzene rings is 2. The molecule has 0 saturated carbocycles. The molecular weight excluding hydrogens is 264 g/mol. The second-order valence-corrected chi connectivity index (χ2v) is 4.56. The zero-order valence-electron chi connectivity index (χ0n) is 11.7. The number of nitrogens with one attached hydrogen (secondary N) is 1. The Morgan fingerprint density at radius 3 is 2.76 bits per heavy atom. The zero-order valence-corrected chi connectivity index (χ0v) is 11.7. The summed E-state index contributed by atoms with van der Waals surface area (Å²) in [6.45, 7) is 2.74. The van der Waals surface area contributed by atoms with Crippen molar-refractivity contribution in [3.8, 4) is 11.6 Å². The second-order valence-electron chi connectivity index (χ2n) is 4.56. The van der Waals surface area contributed by atoms with Crippen LogP contribution in [0.2, 0.25) is 0 Å². The summed E-state index contributed by atoms with van der Waals surface area (Å²) in [7, 11) is 0. The van der Waals surface area contributed by atoms with Gasteiger partial charge in [-0.3, -0.25) is 0 Å². The molecule has 21 heavy (non-hydrogen) atoms. The number of fused-ring (bicyclic) bond motifs is 1. The first-order valence-electron chi connectivity index (χ1n) is 6.80. The highest BCUT2D eigenvalue weighted by Crippen LogP contribution is 2.29. The monoisotopic (exact) mass is 280 g/mol. The SMILES string of the molecule is CCNc1cc(Oc2cccc3ccccc23)nc(N)n1. The number of nitrogens with zero attached hydrogens (tertiary/aromatic N) is 2. The Labute approximate surface area is 122 Å². The Kier molecular flexibility index (Phi) is 3.55. The van der Waals surface area contributed by atoms with E-state index in [1.54, 1.807) is 6.07 Å². The lowest BCUT2D eigenvalue weighted by Crippen LogP contribution is -2.04. The molecule has 0 aliphatic carbocycles. The van der Waals surface area contributed by atoms with Crippen LogP contribution in [0.3, 0.4) is 0 Å². The molecule has 1 heterocycles. The Morgan fingerprint density at radius 1 is 1.10 bits per heavy atom. The smallest absolute Gasteiger partial charge is 0.226 e. The number of ether oxygens (including phenoxy) is 1. The van der Waals surface area contributed by atoms with E-state index in [-0.39, 0.29) is 5.95 Å². The van der Waals surface area contributed by atoms with Gasteiger partial charge in [0.2, 0.25) is 11.8 Å². The number of rotatable bonds is 4. The van der Waals surface area contributed by atoms with Gasteiger partial charge in [0.1, 0.15) is 11.6 Å². The minimum absolute atomic E-state index is 0.184. The first-order valence-corrected chi connectivity index (χ1v) is 6.80. The van der Waals surface area contributed by atoms with Gasteiger partial charge in [-0.15, -0.1) is 0 Å². The van der Waals surface area contributed by atoms with Gasteiger partial charge < -0.3 is 15.8 Å². The van der Waals surface area contributed by atoms with Crippen molar-refractivity contribution in [3.63, 3.8) is 0 Å². The maximum atomic E-state index is 5.89. The summed E-state index contributed by atoms with van der Waals surface area (Å²) in [6.07, 6.45) is 0. The van der Waals surface area contributed by atoms with Gasteiger partial charge in [0.25, 0.3) is 0 Å². The molecule has 1 aromatic heterocycles. The molecule has 5 heteroatoms. The zero-order chi connectivity index (χ0) is 14.7. The number of nitrogen functional groups attached to an aromatic ring is 1. The highest BCUT2D eigenvalue weighted by atomic mass is 16.5. The fourth-order valence-electron chi connectivity index (χ4n) is 2.16. The molecule has 0 saturated heterocycles. The van der Waals surface area contributed by atoms with E-state index in [0.717, 1.165) is 23.1 Å². The van der Waals surface area contributed by atoms with E-state index in [9.17, 15) is 0 Å². The van der Waals surface area contributed by atoms with Crippen LogP contribution in [0.4, 0.5) is 11.8 Å². The van der Waals surface area contributed by atoms with Gasteiger partial charge in [-0.25, -0.2) is 0 Å². The number of hydrogen-bond donors (Lipinski definition) is 2. The Balaban J connectivity index is 1.98. The van der Waals surface area contributed by atoms with Gasteiger partial charge in [-0.05, 0) is 18.4 Å². The van der Waals surface area contributed by atoms with E-state index in [2.05, 4.69) is 15.3 Å². The fourth-order valence-corrected chi connectivity index (χ4v) is 2.16. The van der Waals surface area contributed by atoms with Crippen molar-refractivity contribution in [2.24, 2.45) is 0 Å². The average molecular weight is 280 g/mol. The average Bonchev–Trinajstić information content (AvgIpc) is 2.47. The summed E-state index contributed by atoms with van der Waals surface area (Å²) in [5.41, 5.74) is 5.71. The molecular formula is C16H16N4O. The minimum atomic E-state index is 0.184. The predicted molar refractivity (Wildman–Crippen MR) is 84.6 cm³/mol. The Bertz CT molecular complexity index is 768. The van der Waals surface area contributed by atoms with Crippen molar-refractivity contribution >= 4 is 22.5 Å². The van der Waals surface area contributed by atoms with Crippen LogP contribution in [0.1, 0.15) is 6.92 Å². The lowest BCUT2D eigenvalue weighted by molar-refractivity contribution is 0.468. The third-order valence-corrected chi connectivity index (χ3v) is 3.04. The molecule has 3 aromatic rings. The molecule has 0 aliphatic heterocycles. The molecule has 2 aromatic carbocycles. The van der Waals surface area contributed by atoms with Crippen molar-refractivity contribution < 1.29 is 4.74 Å². The van der Waals surface area contributed by atoms with Gasteiger partial charge >= 0.3 is 0 Å². The van der Waals surface area contributed by atoms with Gasteiger partial charge in [0, 0.05) is 18.0 Å². The van der Waals surface area contributed by atoms with Gasteiger partial charge in [0.05, 0.1) is 0 Å². The number of aromatic nitrogens is 2. The lowest BCUT2D eigenvalue weighted by Gasteiger charge is -2.10. The molecule has 0 amide bonds. The summed E-state index contributed by atoms with van der Waals surface area (Å²) in [4.78, 5) is 8.23. The minimum Gasteiger partial charge on any atom is -0.438 e. The van der Waals surface area contributed by atoms with Gasteiger partial charge in [-0.1, -0.05) is 36.4 Å². The molecule has 0 fully saturated rings. The predicted octanol–water partition coefficient (Wildman–Crippen LogP) is 3.44. The number of hydrogen-bond acceptors (Lipinski definition) is 5. The van der Waals surface area contributed by atoms with Crippen LogP contribution in [-0.4, -0.2) is 16.5 Å². The van der Waals surface area contributed by atoms with E-state index in [0.29, 0.717) is 11.7 Å². The standard InChI is InChI=1S/C16H16N4O/c1-2-18-14-10-15(20-16(17)19-14)21-13-9-5-7-11-6-3-4-8-12(11)13/h3-10H,2H2,1H3,(H3,17,18,19,20). The van der Waals surface area contributed by atoms with E-state index < -0.39 is 0 Å². The van der Waals surface area contributed by atoms with E-state index in [1.165, 1.54) is 0 Å². The molecule has 0 bridgehead atoms. The van der Waals surface area contributed by atoms with Crippen molar-refractivity contribution in [2.45, 2.75) is 6.92 Å². The van der Waals surface area contributed by atoms with Crippen LogP contribution < -0.4 is 15.8 Å². The van der Waals surface area contributed by atoms with Gasteiger partial charge in [-0.2, -0.15) is 9.97 Å². The van der Waals surface area contributed by atoms with Crippen LogP contribution in [0.15, 0.2) is 48.5 Å². The number of nitrogens with two attached hydrogens (primary N) is 1. The van der Waals surface area contributed by atoms with Crippen LogP contribution >= 0.6 is 0 Å². The summed E-state index contributed by atoms with van der Waals surface area (Å²) in [5, 5.41) is 5.25. The maximum absolute atomic E-state index is 5.89. The van der Waals surface area contributed by atoms with Crippen molar-refractivity contribution in [3.05, 3.63) is 48.5 Å². The van der Waals surface area contributed by atoms with Crippen LogP contribution in [-0.2, 0) is 0 Å². The largest absolute Gasteiger partial charge is 0.438 e. The molecule has 5 nitrogen and oxygen atoms in total. The normalized spacial score (nSPS) is 10.5. The molecule has 0 atom stereocenters. The summed E-state index contributed by atoms with van der Waals surface area (Å²) in [6, 6.07) is 15.7. The molecule has 106 valence electrons. The van der Waals surface area contributed by atoms with Crippen LogP contribution in [0.5, 0.6) is 11.6 Å². The highest BCUT2D eigenvalue weighted by Gasteiger charge is 2.07. The summed E-state index contributed by atoms with van der Waals surface area (Å²) < 4.78 is 5.89. The first-order chi connectivity index (χ1) is 10.3. The molecule has 0 spiro atoms. The highest BCUT2D eigenvalue weighted by molar-refractivity contribution is 5.88. The lowest BCUT2D eigenvalue weighted by atomic mass is 10.1. The van der Waals surface area contributed by atoms with Crippen LogP contribution in [0.25, 0.3) is 10.8 Å². The van der Waals surface area contributed by atoms with Crippen LogP contribution in [0, 0.1) is 0 Å². The fraction of sp³-hybridized carbons (Fsp3) is 0.125. The Morgan fingerprint density at radius 2 is 1.90 bits per heavy atom. The second kappa shape index (κ2) is 5.66. The quantitative estimate of drug-likeness (QED) is 0.766. The van der Waals surface area contributed by atoms with E-state index >= 15 is 0 Å². The van der Waals surface area contributed by atoms with E-state index in [4.69, 9.17) is 10.5 Å². The molecule has 3 N–H and O–H groups in total. The van der Waals surface area contributed by atoms with Gasteiger partial charge in [0.15, 0.2) is 0 Å². The third kappa shape index (κ3) is 2.86. The third-order valence-electron chi connectivity index (χ3n) is 3.04. The van der Waals surface area contributed by atoms with Crippen molar-refractivity contribution in [1.82, 2.24) is 9.97 Å². The molecule has 0 aliphatic rings. The maximum Gasteiger partial charge on any atom is 0.226 e.